The predicted molar refractivity (Wildman–Crippen MR) is 69.5 cm³/mol. The molecular formula is C13H15N3OS. The highest BCUT2D eigenvalue weighted by atomic mass is 32.1. The summed E-state index contributed by atoms with van der Waals surface area (Å²) in [6.45, 7) is 2.08. The molecule has 1 N–H and O–H groups in total. The molecule has 0 aromatic carbocycles. The van der Waals surface area contributed by atoms with Crippen molar-refractivity contribution in [1.82, 2.24) is 15.5 Å². The van der Waals surface area contributed by atoms with Crippen LogP contribution in [0, 0.1) is 5.92 Å². The number of thiophene rings is 1. The van der Waals surface area contributed by atoms with E-state index in [-0.39, 0.29) is 5.41 Å². The third-order valence-corrected chi connectivity index (χ3v) is 5.25. The van der Waals surface area contributed by atoms with E-state index < -0.39 is 0 Å². The lowest BCUT2D eigenvalue weighted by Crippen LogP contribution is -2.31. The molecule has 0 spiro atoms. The van der Waals surface area contributed by atoms with E-state index in [1.807, 2.05) is 17.5 Å². The van der Waals surface area contributed by atoms with Crippen LogP contribution in [0.3, 0.4) is 0 Å². The van der Waals surface area contributed by atoms with Crippen LogP contribution in [-0.4, -0.2) is 23.2 Å². The van der Waals surface area contributed by atoms with Crippen molar-refractivity contribution >= 4 is 11.3 Å². The predicted octanol–water partition coefficient (Wildman–Crippen LogP) is 2.44. The van der Waals surface area contributed by atoms with Gasteiger partial charge in [0, 0.05) is 6.54 Å². The molecule has 1 aliphatic heterocycles. The molecule has 4 nitrogen and oxygen atoms in total. The van der Waals surface area contributed by atoms with Gasteiger partial charge in [-0.2, -0.15) is 4.98 Å². The topological polar surface area (TPSA) is 51.0 Å². The summed E-state index contributed by atoms with van der Waals surface area (Å²) < 4.78 is 5.58. The second-order valence-corrected chi connectivity index (χ2v) is 6.22. The highest BCUT2D eigenvalue weighted by Crippen LogP contribution is 2.47. The largest absolute Gasteiger partial charge is 0.338 e. The average Bonchev–Trinajstić information content (AvgIpc) is 3.13. The van der Waals surface area contributed by atoms with Crippen LogP contribution in [0.1, 0.15) is 25.2 Å². The van der Waals surface area contributed by atoms with Crippen molar-refractivity contribution in [3.05, 3.63) is 23.4 Å². The van der Waals surface area contributed by atoms with Gasteiger partial charge in [-0.05, 0) is 36.8 Å². The Balaban J connectivity index is 1.73. The van der Waals surface area contributed by atoms with Crippen molar-refractivity contribution < 1.29 is 4.52 Å². The van der Waals surface area contributed by atoms with Crippen molar-refractivity contribution in [1.29, 1.82) is 0 Å². The maximum absolute atomic E-state index is 5.58. The Morgan fingerprint density at radius 1 is 1.50 bits per heavy atom. The molecule has 0 radical (unpaired) electrons. The molecule has 94 valence electrons. The van der Waals surface area contributed by atoms with E-state index in [4.69, 9.17) is 4.52 Å². The normalized spacial score (nSPS) is 30.8. The lowest BCUT2D eigenvalue weighted by atomic mass is 9.80. The van der Waals surface area contributed by atoms with Crippen LogP contribution in [0.15, 0.2) is 22.0 Å². The summed E-state index contributed by atoms with van der Waals surface area (Å²) in [7, 11) is 0. The molecule has 2 atom stereocenters. The molecule has 0 amide bonds. The molecule has 4 rings (SSSR count). The smallest absolute Gasteiger partial charge is 0.234 e. The lowest BCUT2D eigenvalue weighted by molar-refractivity contribution is 0.265. The van der Waals surface area contributed by atoms with Crippen LogP contribution >= 0.6 is 11.3 Å². The minimum absolute atomic E-state index is 0.114. The number of rotatable bonds is 2. The molecule has 1 saturated carbocycles. The second kappa shape index (κ2) is 3.90. The molecule has 5 heteroatoms. The van der Waals surface area contributed by atoms with Gasteiger partial charge in [-0.3, -0.25) is 0 Å². The molecule has 1 aliphatic carbocycles. The number of aromatic nitrogens is 2. The van der Waals surface area contributed by atoms with E-state index in [0.717, 1.165) is 29.7 Å². The highest BCUT2D eigenvalue weighted by molar-refractivity contribution is 7.13. The molecule has 2 aromatic rings. The number of hydrogen-bond donors (Lipinski definition) is 1. The van der Waals surface area contributed by atoms with Gasteiger partial charge in [-0.15, -0.1) is 11.3 Å². The maximum Gasteiger partial charge on any atom is 0.234 e. The van der Waals surface area contributed by atoms with Gasteiger partial charge in [0.1, 0.15) is 0 Å². The van der Waals surface area contributed by atoms with Gasteiger partial charge >= 0.3 is 0 Å². The lowest BCUT2D eigenvalue weighted by Gasteiger charge is -2.22. The summed E-state index contributed by atoms with van der Waals surface area (Å²) >= 11 is 1.65. The van der Waals surface area contributed by atoms with Gasteiger partial charge in [-0.1, -0.05) is 17.6 Å². The number of hydrogen-bond acceptors (Lipinski definition) is 5. The van der Waals surface area contributed by atoms with Crippen LogP contribution < -0.4 is 5.32 Å². The van der Waals surface area contributed by atoms with Gasteiger partial charge in [0.05, 0.1) is 10.3 Å². The standard InChI is InChI=1S/C13H15N3OS/c1-3-9-7-14-8-13(9,5-1)12-15-11(16-17-12)10-4-2-6-18-10/h2,4,6,9,14H,1,3,5,7-8H2/t9-,13-/m1/s1. The summed E-state index contributed by atoms with van der Waals surface area (Å²) in [6.07, 6.45) is 3.74. The molecule has 1 saturated heterocycles. The Morgan fingerprint density at radius 3 is 3.39 bits per heavy atom. The Morgan fingerprint density at radius 2 is 2.50 bits per heavy atom. The summed E-state index contributed by atoms with van der Waals surface area (Å²) in [4.78, 5) is 5.75. The van der Waals surface area contributed by atoms with Crippen LogP contribution in [0.2, 0.25) is 0 Å². The summed E-state index contributed by atoms with van der Waals surface area (Å²) in [6, 6.07) is 4.06. The van der Waals surface area contributed by atoms with E-state index >= 15 is 0 Å². The van der Waals surface area contributed by atoms with Crippen LogP contribution in [-0.2, 0) is 5.41 Å². The summed E-state index contributed by atoms with van der Waals surface area (Å²) in [5.41, 5.74) is 0.114. The first-order valence-corrected chi connectivity index (χ1v) is 7.35. The van der Waals surface area contributed by atoms with Crippen molar-refractivity contribution in [2.24, 2.45) is 5.92 Å². The first kappa shape index (κ1) is 10.7. The fraction of sp³-hybridized carbons (Fsp3) is 0.538. The quantitative estimate of drug-likeness (QED) is 0.902. The van der Waals surface area contributed by atoms with Gasteiger partial charge in [0.2, 0.25) is 11.7 Å². The SMILES string of the molecule is c1csc(-c2noc([C@@]34CCC[C@@H]3CNC4)n2)c1. The highest BCUT2D eigenvalue weighted by Gasteiger charge is 2.51. The van der Waals surface area contributed by atoms with E-state index in [9.17, 15) is 0 Å². The first-order chi connectivity index (χ1) is 8.88. The van der Waals surface area contributed by atoms with Gasteiger partial charge in [0.15, 0.2) is 0 Å². The molecule has 2 fully saturated rings. The van der Waals surface area contributed by atoms with Crippen LogP contribution in [0.25, 0.3) is 10.7 Å². The number of fused-ring (bicyclic) bond motifs is 1. The van der Waals surface area contributed by atoms with Crippen LogP contribution in [0.4, 0.5) is 0 Å². The van der Waals surface area contributed by atoms with E-state index in [0.29, 0.717) is 5.92 Å². The average molecular weight is 261 g/mol. The maximum atomic E-state index is 5.58. The molecule has 0 unspecified atom stereocenters. The second-order valence-electron chi connectivity index (χ2n) is 5.28. The van der Waals surface area contributed by atoms with E-state index in [2.05, 4.69) is 15.5 Å². The van der Waals surface area contributed by atoms with Crippen molar-refractivity contribution in [3.63, 3.8) is 0 Å². The summed E-state index contributed by atoms with van der Waals surface area (Å²) in [5, 5.41) is 9.68. The first-order valence-electron chi connectivity index (χ1n) is 6.47. The summed E-state index contributed by atoms with van der Waals surface area (Å²) in [5.74, 6) is 2.26. The fourth-order valence-corrected chi connectivity index (χ4v) is 4.08. The monoisotopic (exact) mass is 261 g/mol. The molecule has 18 heavy (non-hydrogen) atoms. The zero-order valence-electron chi connectivity index (χ0n) is 10.1. The molecule has 2 aromatic heterocycles. The van der Waals surface area contributed by atoms with Crippen molar-refractivity contribution in [2.45, 2.75) is 24.7 Å². The van der Waals surface area contributed by atoms with Gasteiger partial charge < -0.3 is 9.84 Å². The molecule has 2 aliphatic rings. The Labute approximate surface area is 109 Å². The zero-order chi connectivity index (χ0) is 12.0. The minimum atomic E-state index is 0.114. The van der Waals surface area contributed by atoms with Crippen molar-refractivity contribution in [2.75, 3.05) is 13.1 Å². The fourth-order valence-electron chi connectivity index (χ4n) is 3.43. The third-order valence-electron chi connectivity index (χ3n) is 4.38. The van der Waals surface area contributed by atoms with Crippen molar-refractivity contribution in [3.8, 4) is 10.7 Å². The van der Waals surface area contributed by atoms with Crippen LogP contribution in [0.5, 0.6) is 0 Å². The third kappa shape index (κ3) is 1.40. The van der Waals surface area contributed by atoms with Gasteiger partial charge in [0.25, 0.3) is 0 Å². The Hall–Kier alpha value is -1.20. The number of nitrogens with one attached hydrogen (secondary N) is 1. The minimum Gasteiger partial charge on any atom is -0.338 e. The van der Waals surface area contributed by atoms with Gasteiger partial charge in [-0.25, -0.2) is 0 Å². The Bertz CT molecular complexity index is 538. The van der Waals surface area contributed by atoms with E-state index in [1.54, 1.807) is 11.3 Å². The Kier molecular flexibility index (Phi) is 2.32. The zero-order valence-corrected chi connectivity index (χ0v) is 10.9. The number of nitrogens with zero attached hydrogens (tertiary/aromatic N) is 2. The molecular weight excluding hydrogens is 246 g/mol. The van der Waals surface area contributed by atoms with E-state index in [1.165, 1.54) is 19.3 Å². The molecule has 3 heterocycles. The molecule has 0 bridgehead atoms.